The number of nitrogens with zero attached hydrogens (tertiary/aromatic N) is 3. The predicted molar refractivity (Wildman–Crippen MR) is 111 cm³/mol. The molecular weight excluding hydrogens is 368 g/mol. The molecule has 0 spiro atoms. The molecule has 2 saturated heterocycles. The Balaban J connectivity index is 1.48. The molecule has 1 N–H and O–H groups in total. The first-order valence-electron chi connectivity index (χ1n) is 10.6. The first-order valence-corrected chi connectivity index (χ1v) is 10.6. The van der Waals surface area contributed by atoms with Crippen LogP contribution in [0.4, 0.5) is 0 Å². The summed E-state index contributed by atoms with van der Waals surface area (Å²) in [6.45, 7) is 8.14. The monoisotopic (exact) mass is 400 g/mol. The third-order valence-electron chi connectivity index (χ3n) is 5.60. The van der Waals surface area contributed by atoms with Crippen LogP contribution in [0, 0.1) is 5.92 Å². The minimum atomic E-state index is -0.566. The van der Waals surface area contributed by atoms with Crippen LogP contribution in [-0.2, 0) is 20.9 Å². The molecule has 0 aromatic heterocycles. The number of piperidine rings is 1. The van der Waals surface area contributed by atoms with Gasteiger partial charge in [-0.25, -0.2) is 0 Å². The lowest BCUT2D eigenvalue weighted by Crippen LogP contribution is -2.56. The van der Waals surface area contributed by atoms with Crippen LogP contribution in [0.3, 0.4) is 0 Å². The second-order valence-electron chi connectivity index (χ2n) is 8.31. The van der Waals surface area contributed by atoms with Crippen molar-refractivity contribution < 1.29 is 14.4 Å². The Morgan fingerprint density at radius 1 is 1.00 bits per heavy atom. The van der Waals surface area contributed by atoms with E-state index in [4.69, 9.17) is 0 Å². The lowest BCUT2D eigenvalue weighted by Gasteiger charge is -2.39. The van der Waals surface area contributed by atoms with Crippen molar-refractivity contribution in [1.82, 2.24) is 20.0 Å². The first kappa shape index (κ1) is 21.3. The lowest BCUT2D eigenvalue weighted by molar-refractivity contribution is -0.149. The maximum Gasteiger partial charge on any atom is 0.312 e. The molecule has 0 bridgehead atoms. The molecule has 3 amide bonds. The topological polar surface area (TPSA) is 73.0 Å². The second kappa shape index (κ2) is 9.87. The molecule has 3 rings (SSSR count). The summed E-state index contributed by atoms with van der Waals surface area (Å²) in [6.07, 6.45) is 1.94. The lowest BCUT2D eigenvalue weighted by atomic mass is 9.95. The van der Waals surface area contributed by atoms with Gasteiger partial charge in [0.2, 0.25) is 5.91 Å². The van der Waals surface area contributed by atoms with Crippen molar-refractivity contribution in [3.8, 4) is 0 Å². The maximum atomic E-state index is 13.0. The number of likely N-dealkylation sites (tertiary alicyclic amines) is 1. The number of nitrogens with one attached hydrogen (secondary N) is 1. The van der Waals surface area contributed by atoms with Crippen molar-refractivity contribution in [2.24, 2.45) is 5.92 Å². The molecule has 0 radical (unpaired) electrons. The Labute approximate surface area is 173 Å². The van der Waals surface area contributed by atoms with Gasteiger partial charge >= 0.3 is 11.8 Å². The van der Waals surface area contributed by atoms with E-state index in [1.165, 1.54) is 5.56 Å². The van der Waals surface area contributed by atoms with Crippen LogP contribution in [0.1, 0.15) is 32.3 Å². The Morgan fingerprint density at radius 2 is 1.66 bits per heavy atom. The number of carbonyl (C=O) groups excluding carboxylic acids is 3. The molecule has 29 heavy (non-hydrogen) atoms. The van der Waals surface area contributed by atoms with Crippen LogP contribution >= 0.6 is 0 Å². The summed E-state index contributed by atoms with van der Waals surface area (Å²) in [6, 6.07) is 10.3. The molecular formula is C22H32N4O3. The van der Waals surface area contributed by atoms with Gasteiger partial charge in [0, 0.05) is 45.3 Å². The van der Waals surface area contributed by atoms with Crippen molar-refractivity contribution in [2.45, 2.75) is 39.3 Å². The fourth-order valence-electron chi connectivity index (χ4n) is 4.10. The summed E-state index contributed by atoms with van der Waals surface area (Å²) < 4.78 is 0. The molecule has 2 aliphatic heterocycles. The quantitative estimate of drug-likeness (QED) is 0.768. The molecule has 158 valence electrons. The minimum absolute atomic E-state index is 0.0129. The van der Waals surface area contributed by atoms with E-state index >= 15 is 0 Å². The molecule has 2 aliphatic rings. The van der Waals surface area contributed by atoms with Crippen molar-refractivity contribution in [3.05, 3.63) is 35.9 Å². The van der Waals surface area contributed by atoms with E-state index in [-0.39, 0.29) is 17.9 Å². The van der Waals surface area contributed by atoms with Crippen LogP contribution < -0.4 is 5.32 Å². The van der Waals surface area contributed by atoms with Crippen molar-refractivity contribution >= 4 is 17.7 Å². The van der Waals surface area contributed by atoms with E-state index in [0.717, 1.165) is 32.5 Å². The summed E-state index contributed by atoms with van der Waals surface area (Å²) in [5.74, 6) is -0.874. The number of amides is 3. The molecule has 7 heteroatoms. The molecule has 7 nitrogen and oxygen atoms in total. The number of hydrogen-bond acceptors (Lipinski definition) is 4. The van der Waals surface area contributed by atoms with E-state index in [0.29, 0.717) is 26.2 Å². The molecule has 2 heterocycles. The highest BCUT2D eigenvalue weighted by molar-refractivity contribution is 6.35. The zero-order valence-electron chi connectivity index (χ0n) is 17.5. The molecule has 1 aromatic rings. The number of rotatable bonds is 4. The maximum absolute atomic E-state index is 13.0. The average Bonchev–Trinajstić information content (AvgIpc) is 2.73. The van der Waals surface area contributed by atoms with E-state index in [2.05, 4.69) is 22.3 Å². The molecule has 1 unspecified atom stereocenters. The van der Waals surface area contributed by atoms with Gasteiger partial charge in [-0.15, -0.1) is 0 Å². The Hall–Kier alpha value is -2.41. The first-order chi connectivity index (χ1) is 13.9. The van der Waals surface area contributed by atoms with Crippen molar-refractivity contribution in [1.29, 1.82) is 0 Å². The van der Waals surface area contributed by atoms with Crippen LogP contribution in [0.5, 0.6) is 0 Å². The van der Waals surface area contributed by atoms with Crippen molar-refractivity contribution in [3.63, 3.8) is 0 Å². The van der Waals surface area contributed by atoms with Crippen LogP contribution in [0.15, 0.2) is 30.3 Å². The zero-order valence-corrected chi connectivity index (χ0v) is 17.5. The number of piperazine rings is 1. The van der Waals surface area contributed by atoms with Crippen LogP contribution in [-0.4, -0.2) is 77.7 Å². The highest BCUT2D eigenvalue weighted by Gasteiger charge is 2.33. The minimum Gasteiger partial charge on any atom is -0.346 e. The van der Waals surface area contributed by atoms with Gasteiger partial charge < -0.3 is 15.1 Å². The largest absolute Gasteiger partial charge is 0.346 e. The Kier molecular flexibility index (Phi) is 7.25. The summed E-state index contributed by atoms with van der Waals surface area (Å²) in [5.41, 5.74) is 1.27. The summed E-state index contributed by atoms with van der Waals surface area (Å²) in [4.78, 5) is 42.9. The smallest absolute Gasteiger partial charge is 0.312 e. The molecule has 1 aromatic carbocycles. The SMILES string of the molecule is CC(C)NC(=O)C(=O)N1CCN(C(=O)C2CCCN(Cc3ccccc3)C2)CC1. The van der Waals surface area contributed by atoms with E-state index in [1.807, 2.05) is 36.9 Å². The summed E-state index contributed by atoms with van der Waals surface area (Å²) >= 11 is 0. The number of hydrogen-bond donors (Lipinski definition) is 1. The normalized spacial score (nSPS) is 20.6. The molecule has 1 atom stereocenters. The van der Waals surface area contributed by atoms with Gasteiger partial charge in [0.05, 0.1) is 5.92 Å². The average molecular weight is 401 g/mol. The van der Waals surface area contributed by atoms with Crippen molar-refractivity contribution in [2.75, 3.05) is 39.3 Å². The Morgan fingerprint density at radius 3 is 2.31 bits per heavy atom. The van der Waals surface area contributed by atoms with Gasteiger partial charge in [0.15, 0.2) is 0 Å². The Bertz CT molecular complexity index is 714. The third kappa shape index (κ3) is 5.79. The number of benzene rings is 1. The molecule has 0 aliphatic carbocycles. The van der Waals surface area contributed by atoms with Crippen LogP contribution in [0.25, 0.3) is 0 Å². The standard InChI is InChI=1S/C22H32N4O3/c1-17(2)23-20(27)22(29)26-13-11-25(12-14-26)21(28)19-9-6-10-24(16-19)15-18-7-4-3-5-8-18/h3-5,7-8,17,19H,6,9-16H2,1-2H3,(H,23,27). The number of carbonyl (C=O) groups is 3. The van der Waals surface area contributed by atoms with Gasteiger partial charge in [-0.05, 0) is 38.8 Å². The molecule has 2 fully saturated rings. The fourth-order valence-corrected chi connectivity index (χ4v) is 4.10. The fraction of sp³-hybridized carbons (Fsp3) is 0.591. The van der Waals surface area contributed by atoms with E-state index in [1.54, 1.807) is 4.90 Å². The highest BCUT2D eigenvalue weighted by Crippen LogP contribution is 2.21. The van der Waals surface area contributed by atoms with Gasteiger partial charge in [0.1, 0.15) is 0 Å². The van der Waals surface area contributed by atoms with Gasteiger partial charge in [-0.2, -0.15) is 0 Å². The van der Waals surface area contributed by atoms with E-state index < -0.39 is 11.8 Å². The summed E-state index contributed by atoms with van der Waals surface area (Å²) in [5, 5.41) is 2.63. The van der Waals surface area contributed by atoms with Gasteiger partial charge in [-0.1, -0.05) is 30.3 Å². The van der Waals surface area contributed by atoms with Gasteiger partial charge in [-0.3, -0.25) is 19.3 Å². The second-order valence-corrected chi connectivity index (χ2v) is 8.31. The van der Waals surface area contributed by atoms with Crippen LogP contribution in [0.2, 0.25) is 0 Å². The van der Waals surface area contributed by atoms with E-state index in [9.17, 15) is 14.4 Å². The predicted octanol–water partition coefficient (Wildman–Crippen LogP) is 1.09. The zero-order chi connectivity index (χ0) is 20.8. The van der Waals surface area contributed by atoms with Gasteiger partial charge in [0.25, 0.3) is 0 Å². The third-order valence-corrected chi connectivity index (χ3v) is 5.60. The molecule has 0 saturated carbocycles. The summed E-state index contributed by atoms with van der Waals surface area (Å²) in [7, 11) is 0. The highest BCUT2D eigenvalue weighted by atomic mass is 16.2.